The minimum atomic E-state index is -0.330. The Balaban J connectivity index is 2.04. The lowest BCUT2D eigenvalue weighted by molar-refractivity contribution is -0.385. The van der Waals surface area contributed by atoms with E-state index in [2.05, 4.69) is 36.5 Å². The number of nitro groups is 1. The number of rotatable bonds is 6. The van der Waals surface area contributed by atoms with Crippen LogP contribution in [0.3, 0.4) is 0 Å². The summed E-state index contributed by atoms with van der Waals surface area (Å²) in [6.07, 6.45) is 1.03. The van der Waals surface area contributed by atoms with E-state index >= 15 is 0 Å². The number of aryl methyl sites for hydroxylation is 1. The molecule has 0 aliphatic carbocycles. The smallest absolute Gasteiger partial charge is 0.274 e. The number of benzene rings is 2. The van der Waals surface area contributed by atoms with Gasteiger partial charge in [0.15, 0.2) is 0 Å². The van der Waals surface area contributed by atoms with Gasteiger partial charge in [0, 0.05) is 24.2 Å². The van der Waals surface area contributed by atoms with Gasteiger partial charge in [-0.05, 0) is 24.5 Å². The molecule has 0 aromatic heterocycles. The molecule has 0 heterocycles. The standard InChI is InChI=1S/C17H20N2O2/c1-3-14-8-10-15(11-9-14)12-18-13(2)16-6-4-5-7-17(16)19(20)21/h4-11,13,18H,3,12H2,1-2H3. The monoisotopic (exact) mass is 284 g/mol. The highest BCUT2D eigenvalue weighted by Crippen LogP contribution is 2.24. The van der Waals surface area contributed by atoms with E-state index in [0.717, 1.165) is 6.42 Å². The molecule has 4 heteroatoms. The minimum Gasteiger partial charge on any atom is -0.306 e. The molecule has 0 amide bonds. The Morgan fingerprint density at radius 1 is 1.10 bits per heavy atom. The molecule has 0 saturated heterocycles. The van der Waals surface area contributed by atoms with E-state index in [1.165, 1.54) is 11.1 Å². The highest BCUT2D eigenvalue weighted by atomic mass is 16.6. The molecule has 0 spiro atoms. The molecule has 0 fully saturated rings. The Kier molecular flexibility index (Phi) is 5.06. The quantitative estimate of drug-likeness (QED) is 0.644. The third kappa shape index (κ3) is 3.89. The second-order valence-corrected chi connectivity index (χ2v) is 5.09. The Bertz CT molecular complexity index is 608. The van der Waals surface area contributed by atoms with Gasteiger partial charge >= 0.3 is 0 Å². The fourth-order valence-electron chi connectivity index (χ4n) is 2.29. The van der Waals surface area contributed by atoms with Gasteiger partial charge in [-0.15, -0.1) is 0 Å². The number of hydrogen-bond acceptors (Lipinski definition) is 3. The second kappa shape index (κ2) is 6.99. The van der Waals surface area contributed by atoms with Crippen LogP contribution in [0.5, 0.6) is 0 Å². The van der Waals surface area contributed by atoms with E-state index in [4.69, 9.17) is 0 Å². The number of para-hydroxylation sites is 1. The van der Waals surface area contributed by atoms with Crippen molar-refractivity contribution < 1.29 is 4.92 Å². The van der Waals surface area contributed by atoms with Crippen LogP contribution in [-0.4, -0.2) is 4.92 Å². The van der Waals surface area contributed by atoms with Crippen LogP contribution >= 0.6 is 0 Å². The molecule has 0 saturated carbocycles. The van der Waals surface area contributed by atoms with E-state index in [0.29, 0.717) is 12.1 Å². The predicted molar refractivity (Wildman–Crippen MR) is 84.2 cm³/mol. The third-order valence-corrected chi connectivity index (χ3v) is 3.64. The summed E-state index contributed by atoms with van der Waals surface area (Å²) in [5.74, 6) is 0. The number of nitrogens with zero attached hydrogens (tertiary/aromatic N) is 1. The lowest BCUT2D eigenvalue weighted by Gasteiger charge is -2.14. The zero-order valence-electron chi connectivity index (χ0n) is 12.4. The van der Waals surface area contributed by atoms with E-state index in [1.54, 1.807) is 18.2 Å². The molecular weight excluding hydrogens is 264 g/mol. The van der Waals surface area contributed by atoms with Gasteiger partial charge in [-0.25, -0.2) is 0 Å². The van der Waals surface area contributed by atoms with Gasteiger partial charge in [0.05, 0.1) is 4.92 Å². The van der Waals surface area contributed by atoms with Crippen LogP contribution in [0, 0.1) is 10.1 Å². The molecule has 0 bridgehead atoms. The highest BCUT2D eigenvalue weighted by Gasteiger charge is 2.17. The van der Waals surface area contributed by atoms with Gasteiger partial charge in [-0.3, -0.25) is 10.1 Å². The van der Waals surface area contributed by atoms with Gasteiger partial charge in [-0.2, -0.15) is 0 Å². The topological polar surface area (TPSA) is 55.2 Å². The van der Waals surface area contributed by atoms with E-state index in [-0.39, 0.29) is 16.7 Å². The van der Waals surface area contributed by atoms with Crippen LogP contribution in [0.1, 0.15) is 36.6 Å². The van der Waals surface area contributed by atoms with Gasteiger partial charge in [0.2, 0.25) is 0 Å². The number of nitrogens with one attached hydrogen (secondary N) is 1. The first-order chi connectivity index (χ1) is 10.1. The zero-order chi connectivity index (χ0) is 15.2. The molecule has 1 unspecified atom stereocenters. The summed E-state index contributed by atoms with van der Waals surface area (Å²) in [5.41, 5.74) is 3.37. The van der Waals surface area contributed by atoms with Crippen molar-refractivity contribution in [3.05, 3.63) is 75.3 Å². The van der Waals surface area contributed by atoms with E-state index in [9.17, 15) is 10.1 Å². The number of nitro benzene ring substituents is 1. The van der Waals surface area contributed by atoms with Crippen molar-refractivity contribution in [2.75, 3.05) is 0 Å². The van der Waals surface area contributed by atoms with Crippen LogP contribution in [0.2, 0.25) is 0 Å². The molecule has 0 radical (unpaired) electrons. The van der Waals surface area contributed by atoms with Gasteiger partial charge in [-0.1, -0.05) is 49.4 Å². The maximum atomic E-state index is 11.0. The summed E-state index contributed by atoms with van der Waals surface area (Å²) < 4.78 is 0. The summed E-state index contributed by atoms with van der Waals surface area (Å²) in [4.78, 5) is 10.7. The molecule has 0 aliphatic heterocycles. The number of hydrogen-bond donors (Lipinski definition) is 1. The molecule has 2 aromatic rings. The Hall–Kier alpha value is -2.20. The van der Waals surface area contributed by atoms with Gasteiger partial charge in [0.1, 0.15) is 0 Å². The third-order valence-electron chi connectivity index (χ3n) is 3.64. The Labute approximate surface area is 125 Å². The van der Waals surface area contributed by atoms with Crippen LogP contribution in [-0.2, 0) is 13.0 Å². The summed E-state index contributed by atoms with van der Waals surface area (Å²) >= 11 is 0. The van der Waals surface area contributed by atoms with E-state index < -0.39 is 0 Å². The Morgan fingerprint density at radius 3 is 2.33 bits per heavy atom. The summed E-state index contributed by atoms with van der Waals surface area (Å²) in [6, 6.07) is 15.2. The highest BCUT2D eigenvalue weighted by molar-refractivity contribution is 5.41. The minimum absolute atomic E-state index is 0.0718. The molecule has 1 N–H and O–H groups in total. The first-order valence-corrected chi connectivity index (χ1v) is 7.16. The SMILES string of the molecule is CCc1ccc(CNC(C)c2ccccc2[N+](=O)[O-])cc1. The van der Waals surface area contributed by atoms with Crippen molar-refractivity contribution in [1.82, 2.24) is 5.32 Å². The van der Waals surface area contributed by atoms with Crippen molar-refractivity contribution in [3.8, 4) is 0 Å². The molecule has 21 heavy (non-hydrogen) atoms. The van der Waals surface area contributed by atoms with Crippen LogP contribution in [0.25, 0.3) is 0 Å². The maximum absolute atomic E-state index is 11.0. The molecule has 0 aliphatic rings. The molecule has 1 atom stereocenters. The van der Waals surface area contributed by atoms with Crippen LogP contribution < -0.4 is 5.32 Å². The van der Waals surface area contributed by atoms with E-state index in [1.807, 2.05) is 13.0 Å². The first-order valence-electron chi connectivity index (χ1n) is 7.16. The second-order valence-electron chi connectivity index (χ2n) is 5.09. The fourth-order valence-corrected chi connectivity index (χ4v) is 2.29. The van der Waals surface area contributed by atoms with Crippen molar-refractivity contribution in [3.63, 3.8) is 0 Å². The molecule has 110 valence electrons. The van der Waals surface area contributed by atoms with Crippen molar-refractivity contribution in [1.29, 1.82) is 0 Å². The summed E-state index contributed by atoms with van der Waals surface area (Å²) in [5, 5.41) is 14.4. The lowest BCUT2D eigenvalue weighted by atomic mass is 10.1. The summed E-state index contributed by atoms with van der Waals surface area (Å²) in [6.45, 7) is 4.77. The fraction of sp³-hybridized carbons (Fsp3) is 0.294. The van der Waals surface area contributed by atoms with Crippen molar-refractivity contribution >= 4 is 5.69 Å². The van der Waals surface area contributed by atoms with Crippen LogP contribution in [0.15, 0.2) is 48.5 Å². The normalized spacial score (nSPS) is 12.1. The van der Waals surface area contributed by atoms with Gasteiger partial charge < -0.3 is 5.32 Å². The average molecular weight is 284 g/mol. The first kappa shape index (κ1) is 15.2. The molecular formula is C17H20N2O2. The molecule has 2 aromatic carbocycles. The van der Waals surface area contributed by atoms with Crippen molar-refractivity contribution in [2.24, 2.45) is 0 Å². The zero-order valence-corrected chi connectivity index (χ0v) is 12.4. The molecule has 2 rings (SSSR count). The lowest BCUT2D eigenvalue weighted by Crippen LogP contribution is -2.19. The average Bonchev–Trinajstić information content (AvgIpc) is 2.53. The molecule has 4 nitrogen and oxygen atoms in total. The predicted octanol–water partition coefficient (Wildman–Crippen LogP) is 4.01. The van der Waals surface area contributed by atoms with Crippen molar-refractivity contribution in [2.45, 2.75) is 32.9 Å². The van der Waals surface area contributed by atoms with Gasteiger partial charge in [0.25, 0.3) is 5.69 Å². The Morgan fingerprint density at radius 2 is 1.71 bits per heavy atom. The maximum Gasteiger partial charge on any atom is 0.274 e. The largest absolute Gasteiger partial charge is 0.306 e. The summed E-state index contributed by atoms with van der Waals surface area (Å²) in [7, 11) is 0. The van der Waals surface area contributed by atoms with Crippen LogP contribution in [0.4, 0.5) is 5.69 Å².